The fraction of sp³-hybridized carbons (Fsp3) is 0.0833. The highest BCUT2D eigenvalue weighted by atomic mass is 16.2. The van der Waals surface area contributed by atoms with Crippen LogP contribution in [-0.4, -0.2) is 23.6 Å². The molecular weight excluding hydrogens is 392 g/mol. The Morgan fingerprint density at radius 2 is 1.23 bits per heavy atom. The number of nitrogens with one attached hydrogen (secondary N) is 2. The van der Waals surface area contributed by atoms with Crippen molar-refractivity contribution in [1.82, 2.24) is 10.6 Å². The molecule has 0 aromatic heterocycles. The molecule has 2 aliphatic rings. The quantitative estimate of drug-likeness (QED) is 0.650. The largest absolute Gasteiger partial charge is 0.328 e. The monoisotopic (exact) mass is 410 g/mol. The van der Waals surface area contributed by atoms with E-state index in [0.29, 0.717) is 5.56 Å². The third-order valence-electron chi connectivity index (χ3n) is 5.59. The highest BCUT2D eigenvalue weighted by molar-refractivity contribution is 6.36. The molecule has 1 fully saturated rings. The average Bonchev–Trinajstić information content (AvgIpc) is 3.17. The zero-order valence-electron chi connectivity index (χ0n) is 16.4. The van der Waals surface area contributed by atoms with Crippen LogP contribution >= 0.6 is 0 Å². The van der Waals surface area contributed by atoms with E-state index < -0.39 is 29.3 Å². The van der Waals surface area contributed by atoms with Gasteiger partial charge in [0.05, 0.1) is 11.4 Å². The van der Waals surface area contributed by atoms with Gasteiger partial charge in [-0.1, -0.05) is 78.9 Å². The van der Waals surface area contributed by atoms with Gasteiger partial charge in [0, 0.05) is 0 Å². The van der Waals surface area contributed by atoms with E-state index in [1.54, 1.807) is 17.1 Å². The van der Waals surface area contributed by atoms with Gasteiger partial charge in [-0.2, -0.15) is 5.10 Å². The highest BCUT2D eigenvalue weighted by Gasteiger charge is 2.65. The van der Waals surface area contributed by atoms with Crippen LogP contribution in [0.3, 0.4) is 0 Å². The fourth-order valence-corrected chi connectivity index (χ4v) is 4.25. The number of benzene rings is 3. The summed E-state index contributed by atoms with van der Waals surface area (Å²) in [5.41, 5.74) is 0.599. The van der Waals surface area contributed by atoms with Gasteiger partial charge in [-0.25, -0.2) is 4.79 Å². The number of anilines is 1. The first-order chi connectivity index (χ1) is 15.1. The third kappa shape index (κ3) is 2.82. The minimum Gasteiger partial charge on any atom is -0.276 e. The SMILES string of the molecule is O=C1NC(=O)C2(C(=O)N1)C(c1ccccc1)=NN(c1ccccc1)C2c1ccccc1. The van der Waals surface area contributed by atoms with Crippen molar-refractivity contribution in [3.63, 3.8) is 0 Å². The topological polar surface area (TPSA) is 90.9 Å². The van der Waals surface area contributed by atoms with Crippen molar-refractivity contribution >= 4 is 29.2 Å². The molecule has 0 bridgehead atoms. The lowest BCUT2D eigenvalue weighted by atomic mass is 9.69. The molecule has 5 rings (SSSR count). The van der Waals surface area contributed by atoms with Gasteiger partial charge in [-0.3, -0.25) is 25.2 Å². The molecule has 7 heteroatoms. The van der Waals surface area contributed by atoms with Crippen molar-refractivity contribution < 1.29 is 14.4 Å². The molecule has 0 radical (unpaired) electrons. The number of carbonyl (C=O) groups is 3. The maximum absolute atomic E-state index is 13.5. The Hall–Kier alpha value is -4.26. The van der Waals surface area contributed by atoms with Crippen LogP contribution in [0.5, 0.6) is 0 Å². The van der Waals surface area contributed by atoms with Gasteiger partial charge in [0.1, 0.15) is 6.04 Å². The van der Waals surface area contributed by atoms with E-state index in [1.807, 2.05) is 78.9 Å². The third-order valence-corrected chi connectivity index (χ3v) is 5.59. The van der Waals surface area contributed by atoms with Gasteiger partial charge in [0.15, 0.2) is 5.41 Å². The summed E-state index contributed by atoms with van der Waals surface area (Å²) in [6.45, 7) is 0. The highest BCUT2D eigenvalue weighted by Crippen LogP contribution is 2.50. The summed E-state index contributed by atoms with van der Waals surface area (Å²) in [7, 11) is 0. The van der Waals surface area contributed by atoms with Crippen molar-refractivity contribution in [2.45, 2.75) is 6.04 Å². The van der Waals surface area contributed by atoms with E-state index in [9.17, 15) is 14.4 Å². The fourth-order valence-electron chi connectivity index (χ4n) is 4.25. The van der Waals surface area contributed by atoms with Gasteiger partial charge in [-0.15, -0.1) is 0 Å². The number of amides is 4. The lowest BCUT2D eigenvalue weighted by molar-refractivity contribution is -0.140. The van der Waals surface area contributed by atoms with Crippen molar-refractivity contribution in [3.05, 3.63) is 102 Å². The number of imide groups is 2. The number of hydrogen-bond acceptors (Lipinski definition) is 5. The molecule has 7 nitrogen and oxygen atoms in total. The van der Waals surface area contributed by atoms with Crippen LogP contribution in [0.4, 0.5) is 10.5 Å². The molecule has 2 N–H and O–H groups in total. The molecule has 0 aliphatic carbocycles. The van der Waals surface area contributed by atoms with Crippen molar-refractivity contribution in [2.24, 2.45) is 10.5 Å². The molecule has 1 spiro atoms. The van der Waals surface area contributed by atoms with Gasteiger partial charge >= 0.3 is 6.03 Å². The lowest BCUT2D eigenvalue weighted by Crippen LogP contribution is -2.67. The standard InChI is InChI=1S/C24H18N4O3/c29-21-24(22(30)26-23(31)25-21)19(16-10-4-1-5-11-16)27-28(18-14-8-3-9-15-18)20(24)17-12-6-2-7-13-17/h1-15,20H,(H2,25,26,29,30,31). The maximum atomic E-state index is 13.5. The number of barbiturate groups is 1. The molecule has 2 heterocycles. The van der Waals surface area contributed by atoms with Crippen LogP contribution < -0.4 is 15.6 Å². The van der Waals surface area contributed by atoms with Crippen molar-refractivity contribution in [2.75, 3.05) is 5.01 Å². The second-order valence-corrected chi connectivity index (χ2v) is 7.35. The predicted molar refractivity (Wildman–Crippen MR) is 115 cm³/mol. The Labute approximate surface area is 178 Å². The number of rotatable bonds is 3. The lowest BCUT2D eigenvalue weighted by Gasteiger charge is -2.38. The molecule has 1 saturated heterocycles. The van der Waals surface area contributed by atoms with E-state index in [2.05, 4.69) is 10.6 Å². The minimum absolute atomic E-state index is 0.285. The van der Waals surface area contributed by atoms with E-state index in [-0.39, 0.29) is 5.71 Å². The molecule has 1 unspecified atom stereocenters. The molecule has 152 valence electrons. The summed E-state index contributed by atoms with van der Waals surface area (Å²) in [6.07, 6.45) is 0. The number of hydrogen-bond donors (Lipinski definition) is 2. The minimum atomic E-state index is -1.76. The number of urea groups is 1. The summed E-state index contributed by atoms with van der Waals surface area (Å²) in [4.78, 5) is 38.9. The first-order valence-corrected chi connectivity index (χ1v) is 9.83. The first kappa shape index (κ1) is 18.7. The van der Waals surface area contributed by atoms with Gasteiger partial charge in [0.25, 0.3) is 11.8 Å². The maximum Gasteiger partial charge on any atom is 0.328 e. The molecule has 31 heavy (non-hydrogen) atoms. The second kappa shape index (κ2) is 7.21. The number of hydrazone groups is 1. The summed E-state index contributed by atoms with van der Waals surface area (Å²) in [6, 6.07) is 26.0. The number of carbonyl (C=O) groups excluding carboxylic acids is 3. The summed E-state index contributed by atoms with van der Waals surface area (Å²) in [5, 5.41) is 11.1. The Morgan fingerprint density at radius 3 is 1.81 bits per heavy atom. The Balaban J connectivity index is 1.81. The normalized spacial score (nSPS) is 19.7. The molecule has 3 aromatic carbocycles. The molecule has 4 amide bonds. The summed E-state index contributed by atoms with van der Waals surface area (Å²) < 4.78 is 0. The second-order valence-electron chi connectivity index (χ2n) is 7.35. The number of nitrogens with zero attached hydrogens (tertiary/aromatic N) is 2. The van der Waals surface area contributed by atoms with E-state index in [0.717, 1.165) is 11.3 Å². The summed E-state index contributed by atoms with van der Waals surface area (Å²) >= 11 is 0. The summed E-state index contributed by atoms with van der Waals surface area (Å²) in [5.74, 6) is -1.40. The smallest absolute Gasteiger partial charge is 0.276 e. The zero-order chi connectivity index (χ0) is 21.4. The van der Waals surface area contributed by atoms with Crippen LogP contribution in [0, 0.1) is 5.41 Å². The van der Waals surface area contributed by atoms with Crippen LogP contribution in [0.25, 0.3) is 0 Å². The predicted octanol–water partition coefficient (Wildman–Crippen LogP) is 3.00. The average molecular weight is 410 g/mol. The zero-order valence-corrected chi connectivity index (χ0v) is 16.4. The van der Waals surface area contributed by atoms with E-state index in [4.69, 9.17) is 5.10 Å². The van der Waals surface area contributed by atoms with Crippen molar-refractivity contribution in [1.29, 1.82) is 0 Å². The Morgan fingerprint density at radius 1 is 0.710 bits per heavy atom. The van der Waals surface area contributed by atoms with Gasteiger partial charge < -0.3 is 0 Å². The van der Waals surface area contributed by atoms with E-state index >= 15 is 0 Å². The molecule has 1 atom stereocenters. The van der Waals surface area contributed by atoms with Gasteiger partial charge in [-0.05, 0) is 23.3 Å². The van der Waals surface area contributed by atoms with Crippen LogP contribution in [0.1, 0.15) is 17.2 Å². The molecule has 0 saturated carbocycles. The van der Waals surface area contributed by atoms with Gasteiger partial charge in [0.2, 0.25) is 0 Å². The van der Waals surface area contributed by atoms with Crippen LogP contribution in [0.15, 0.2) is 96.1 Å². The Kier molecular flexibility index (Phi) is 4.36. The molecule has 2 aliphatic heterocycles. The molecular formula is C24H18N4O3. The van der Waals surface area contributed by atoms with Crippen molar-refractivity contribution in [3.8, 4) is 0 Å². The van der Waals surface area contributed by atoms with Crippen LogP contribution in [0.2, 0.25) is 0 Å². The Bertz CT molecular complexity index is 1170. The van der Waals surface area contributed by atoms with E-state index in [1.165, 1.54) is 0 Å². The first-order valence-electron chi connectivity index (χ1n) is 9.83. The molecule has 3 aromatic rings. The van der Waals surface area contributed by atoms with Crippen LogP contribution in [-0.2, 0) is 9.59 Å². The number of para-hydroxylation sites is 1.